The van der Waals surface area contributed by atoms with E-state index in [-0.39, 0.29) is 29.9 Å². The molecule has 1 aromatic heterocycles. The Hall–Kier alpha value is -1.93. The molecular weight excluding hydrogens is 354 g/mol. The molecule has 3 rings (SSSR count). The Morgan fingerprint density at radius 3 is 2.96 bits per heavy atom. The lowest BCUT2D eigenvalue weighted by Gasteiger charge is -2.09. The Balaban J connectivity index is 1.53. The van der Waals surface area contributed by atoms with E-state index in [0.717, 1.165) is 5.56 Å². The Morgan fingerprint density at radius 1 is 1.42 bits per heavy atom. The van der Waals surface area contributed by atoms with Crippen LogP contribution in [-0.2, 0) is 21.1 Å². The number of carbonyl (C=O) groups excluding carboxylic acids is 1. The first-order chi connectivity index (χ1) is 11.4. The van der Waals surface area contributed by atoms with Gasteiger partial charge >= 0.3 is 0 Å². The number of aromatic nitrogens is 2. The molecule has 0 radical (unpaired) electrons. The van der Waals surface area contributed by atoms with Crippen molar-refractivity contribution in [2.24, 2.45) is 0 Å². The van der Waals surface area contributed by atoms with E-state index in [9.17, 15) is 13.2 Å². The number of aryl methyl sites for hydroxylation is 1. The van der Waals surface area contributed by atoms with Crippen LogP contribution in [0.1, 0.15) is 18.7 Å². The summed E-state index contributed by atoms with van der Waals surface area (Å²) in [6, 6.07) is 6.78. The molecule has 7 nitrogen and oxygen atoms in total. The van der Waals surface area contributed by atoms with Crippen molar-refractivity contribution in [2.45, 2.75) is 25.3 Å². The molecule has 24 heavy (non-hydrogen) atoms. The molecule has 1 saturated heterocycles. The van der Waals surface area contributed by atoms with Crippen LogP contribution in [0.15, 0.2) is 28.8 Å². The quantitative estimate of drug-likeness (QED) is 0.859. The smallest absolute Gasteiger partial charge is 0.227 e. The van der Waals surface area contributed by atoms with Crippen molar-refractivity contribution in [3.63, 3.8) is 0 Å². The monoisotopic (exact) mass is 369 g/mol. The minimum atomic E-state index is -3.01. The highest BCUT2D eigenvalue weighted by atomic mass is 35.5. The van der Waals surface area contributed by atoms with Gasteiger partial charge in [-0.1, -0.05) is 28.9 Å². The third kappa shape index (κ3) is 4.33. The van der Waals surface area contributed by atoms with E-state index >= 15 is 0 Å². The number of halogens is 1. The van der Waals surface area contributed by atoms with Gasteiger partial charge in [0.15, 0.2) is 9.84 Å². The van der Waals surface area contributed by atoms with Gasteiger partial charge in [0.05, 0.1) is 11.5 Å². The van der Waals surface area contributed by atoms with Crippen LogP contribution in [0.2, 0.25) is 5.02 Å². The van der Waals surface area contributed by atoms with Gasteiger partial charge in [-0.05, 0) is 18.6 Å². The zero-order valence-electron chi connectivity index (χ0n) is 12.7. The molecule has 9 heteroatoms. The Bertz CT molecular complexity index is 850. The topological polar surface area (TPSA) is 102 Å². The molecule has 0 saturated carbocycles. The molecular formula is C15H16ClN3O4S. The van der Waals surface area contributed by atoms with Gasteiger partial charge in [-0.2, -0.15) is 4.98 Å². The number of carbonyl (C=O) groups is 1. The van der Waals surface area contributed by atoms with E-state index < -0.39 is 9.84 Å². The highest BCUT2D eigenvalue weighted by molar-refractivity contribution is 7.91. The van der Waals surface area contributed by atoms with Crippen molar-refractivity contribution in [3.05, 3.63) is 35.2 Å². The molecule has 0 aliphatic carbocycles. The Labute approximate surface area is 144 Å². The second-order valence-corrected chi connectivity index (χ2v) is 8.35. The number of benzene rings is 1. The summed E-state index contributed by atoms with van der Waals surface area (Å²) in [5, 5.41) is 7.17. The average molecular weight is 370 g/mol. The number of hydrogen-bond donors (Lipinski definition) is 1. The molecule has 1 amide bonds. The van der Waals surface area contributed by atoms with Gasteiger partial charge in [-0.15, -0.1) is 0 Å². The van der Waals surface area contributed by atoms with Crippen molar-refractivity contribution in [1.29, 1.82) is 0 Å². The maximum atomic E-state index is 11.9. The van der Waals surface area contributed by atoms with E-state index in [1.807, 2.05) is 6.07 Å². The van der Waals surface area contributed by atoms with Crippen LogP contribution in [0.3, 0.4) is 0 Å². The molecule has 1 aliphatic rings. The largest absolute Gasteiger partial charge is 0.352 e. The van der Waals surface area contributed by atoms with Crippen LogP contribution in [-0.4, -0.2) is 42.0 Å². The first-order valence-corrected chi connectivity index (χ1v) is 9.69. The summed E-state index contributed by atoms with van der Waals surface area (Å²) in [6.45, 7) is 0. The number of nitrogens with zero attached hydrogens (tertiary/aromatic N) is 2. The zero-order chi connectivity index (χ0) is 17.2. The molecule has 1 fully saturated rings. The third-order valence-electron chi connectivity index (χ3n) is 3.71. The SMILES string of the molecule is O=C(CCc1nc(-c2cccc(Cl)c2)no1)NC1CCS(=O)(=O)C1. The number of amides is 1. The minimum absolute atomic E-state index is 0.0121. The molecule has 1 N–H and O–H groups in total. The number of rotatable bonds is 5. The molecule has 1 aliphatic heterocycles. The molecule has 0 bridgehead atoms. The highest BCUT2D eigenvalue weighted by Gasteiger charge is 2.28. The maximum Gasteiger partial charge on any atom is 0.227 e. The first-order valence-electron chi connectivity index (χ1n) is 7.49. The van der Waals surface area contributed by atoms with Gasteiger partial charge in [0, 0.05) is 29.5 Å². The van der Waals surface area contributed by atoms with Gasteiger partial charge in [0.2, 0.25) is 17.6 Å². The molecule has 1 unspecified atom stereocenters. The lowest BCUT2D eigenvalue weighted by molar-refractivity contribution is -0.121. The van der Waals surface area contributed by atoms with Crippen molar-refractivity contribution >= 4 is 27.3 Å². The second kappa shape index (κ2) is 6.90. The molecule has 1 atom stereocenters. The number of sulfone groups is 1. The third-order valence-corrected chi connectivity index (χ3v) is 5.72. The predicted molar refractivity (Wildman–Crippen MR) is 88.3 cm³/mol. The standard InChI is InChI=1S/C15H16ClN3O4S/c16-11-3-1-2-10(8-11)15-18-14(23-19-15)5-4-13(20)17-12-6-7-24(21,22)9-12/h1-3,8,12H,4-7,9H2,(H,17,20). The Morgan fingerprint density at radius 2 is 2.25 bits per heavy atom. The molecule has 2 aromatic rings. The van der Waals surface area contributed by atoms with E-state index in [0.29, 0.717) is 29.6 Å². The minimum Gasteiger partial charge on any atom is -0.352 e. The van der Waals surface area contributed by atoms with Crippen molar-refractivity contribution in [1.82, 2.24) is 15.5 Å². The summed E-state index contributed by atoms with van der Waals surface area (Å²) in [7, 11) is -3.01. The summed E-state index contributed by atoms with van der Waals surface area (Å²) in [6.07, 6.45) is 0.917. The predicted octanol–water partition coefficient (Wildman–Crippen LogP) is 1.63. The van der Waals surface area contributed by atoms with E-state index in [1.165, 1.54) is 0 Å². The number of hydrogen-bond acceptors (Lipinski definition) is 6. The lowest BCUT2D eigenvalue weighted by atomic mass is 10.2. The summed E-state index contributed by atoms with van der Waals surface area (Å²) in [5.74, 6) is 0.677. The fourth-order valence-electron chi connectivity index (χ4n) is 2.53. The van der Waals surface area contributed by atoms with Crippen molar-refractivity contribution in [2.75, 3.05) is 11.5 Å². The fraction of sp³-hybridized carbons (Fsp3) is 0.400. The van der Waals surface area contributed by atoms with Gasteiger partial charge in [-0.25, -0.2) is 8.42 Å². The molecule has 1 aromatic carbocycles. The van der Waals surface area contributed by atoms with Gasteiger partial charge in [0.25, 0.3) is 0 Å². The van der Waals surface area contributed by atoms with Gasteiger partial charge in [-0.3, -0.25) is 4.79 Å². The van der Waals surface area contributed by atoms with Crippen LogP contribution >= 0.6 is 11.6 Å². The molecule has 2 heterocycles. The number of nitrogens with one attached hydrogen (secondary N) is 1. The first kappa shape index (κ1) is 16.9. The molecule has 0 spiro atoms. The average Bonchev–Trinajstić information content (AvgIpc) is 3.12. The van der Waals surface area contributed by atoms with Crippen LogP contribution in [0.25, 0.3) is 11.4 Å². The fourth-order valence-corrected chi connectivity index (χ4v) is 4.39. The van der Waals surface area contributed by atoms with Gasteiger partial charge in [0.1, 0.15) is 0 Å². The Kier molecular flexibility index (Phi) is 4.86. The van der Waals surface area contributed by atoms with Crippen molar-refractivity contribution < 1.29 is 17.7 Å². The summed E-state index contributed by atoms with van der Waals surface area (Å²) < 4.78 is 27.9. The van der Waals surface area contributed by atoms with Crippen molar-refractivity contribution in [3.8, 4) is 11.4 Å². The van der Waals surface area contributed by atoms with E-state index in [2.05, 4.69) is 15.5 Å². The lowest BCUT2D eigenvalue weighted by Crippen LogP contribution is -2.35. The summed E-state index contributed by atoms with van der Waals surface area (Å²) in [5.41, 5.74) is 0.734. The normalized spacial score (nSPS) is 19.3. The summed E-state index contributed by atoms with van der Waals surface area (Å²) >= 11 is 5.92. The van der Waals surface area contributed by atoms with Crippen LogP contribution in [0, 0.1) is 0 Å². The van der Waals surface area contributed by atoms with Crippen LogP contribution in [0.4, 0.5) is 0 Å². The maximum absolute atomic E-state index is 11.9. The zero-order valence-corrected chi connectivity index (χ0v) is 14.3. The van der Waals surface area contributed by atoms with E-state index in [1.54, 1.807) is 18.2 Å². The van der Waals surface area contributed by atoms with E-state index in [4.69, 9.17) is 16.1 Å². The second-order valence-electron chi connectivity index (χ2n) is 5.69. The van der Waals surface area contributed by atoms with Crippen LogP contribution in [0.5, 0.6) is 0 Å². The van der Waals surface area contributed by atoms with Crippen LogP contribution < -0.4 is 5.32 Å². The highest BCUT2D eigenvalue weighted by Crippen LogP contribution is 2.20. The summed E-state index contributed by atoms with van der Waals surface area (Å²) in [4.78, 5) is 16.1. The van der Waals surface area contributed by atoms with Gasteiger partial charge < -0.3 is 9.84 Å². The molecule has 128 valence electrons.